The van der Waals surface area contributed by atoms with Gasteiger partial charge in [-0.15, -0.1) is 0 Å². The third-order valence-corrected chi connectivity index (χ3v) is 2.56. The maximum atomic E-state index is 11.8. The molecule has 0 radical (unpaired) electrons. The molecule has 0 unspecified atom stereocenters. The zero-order valence-electron chi connectivity index (χ0n) is 11.9. The standard InChI is InChI=1S/C13H18N2O5/c1-8(12(16)20-4)14-13(17)15-10-7-9(18-2)5-6-11(10)19-3/h5-8H,1-4H3,(H2,14,15,17)/t8-/m0/s1. The lowest BCUT2D eigenvalue weighted by atomic mass is 10.2. The van der Waals surface area contributed by atoms with Gasteiger partial charge in [-0.25, -0.2) is 9.59 Å². The van der Waals surface area contributed by atoms with Gasteiger partial charge < -0.3 is 24.8 Å². The molecule has 0 aliphatic heterocycles. The van der Waals surface area contributed by atoms with Crippen molar-refractivity contribution in [2.45, 2.75) is 13.0 Å². The number of urea groups is 1. The van der Waals surface area contributed by atoms with E-state index in [-0.39, 0.29) is 0 Å². The highest BCUT2D eigenvalue weighted by atomic mass is 16.5. The largest absolute Gasteiger partial charge is 0.497 e. The molecule has 110 valence electrons. The van der Waals surface area contributed by atoms with Crippen LogP contribution >= 0.6 is 0 Å². The molecule has 1 aromatic carbocycles. The minimum absolute atomic E-state index is 0.432. The Bertz CT molecular complexity index is 490. The van der Waals surface area contributed by atoms with Gasteiger partial charge in [0.05, 0.1) is 27.0 Å². The summed E-state index contributed by atoms with van der Waals surface area (Å²) < 4.78 is 14.7. The van der Waals surface area contributed by atoms with Gasteiger partial charge in [-0.2, -0.15) is 0 Å². The smallest absolute Gasteiger partial charge is 0.328 e. The minimum Gasteiger partial charge on any atom is -0.497 e. The number of anilines is 1. The molecule has 0 heterocycles. The van der Waals surface area contributed by atoms with Gasteiger partial charge in [0.15, 0.2) is 0 Å². The fraction of sp³-hybridized carbons (Fsp3) is 0.385. The van der Waals surface area contributed by atoms with Gasteiger partial charge in [-0.05, 0) is 19.1 Å². The van der Waals surface area contributed by atoms with Crippen molar-refractivity contribution in [2.24, 2.45) is 0 Å². The third kappa shape index (κ3) is 4.04. The molecule has 0 saturated heterocycles. The van der Waals surface area contributed by atoms with E-state index in [0.29, 0.717) is 17.2 Å². The Morgan fingerprint density at radius 3 is 2.40 bits per heavy atom. The Balaban J connectivity index is 2.76. The first-order valence-electron chi connectivity index (χ1n) is 5.89. The molecule has 0 saturated carbocycles. The third-order valence-electron chi connectivity index (χ3n) is 2.56. The first-order chi connectivity index (χ1) is 9.51. The van der Waals surface area contributed by atoms with Crippen LogP contribution in [0.4, 0.5) is 10.5 Å². The molecule has 0 bridgehead atoms. The number of ether oxygens (including phenoxy) is 3. The van der Waals surface area contributed by atoms with Crippen LogP contribution < -0.4 is 20.1 Å². The number of carbonyl (C=O) groups is 2. The van der Waals surface area contributed by atoms with Crippen LogP contribution in [0, 0.1) is 0 Å². The van der Waals surface area contributed by atoms with Crippen molar-refractivity contribution in [1.29, 1.82) is 0 Å². The summed E-state index contributed by atoms with van der Waals surface area (Å²) in [6.45, 7) is 1.52. The van der Waals surface area contributed by atoms with Crippen LogP contribution in [0.3, 0.4) is 0 Å². The lowest BCUT2D eigenvalue weighted by molar-refractivity contribution is -0.142. The molecule has 2 N–H and O–H groups in total. The minimum atomic E-state index is -0.753. The second kappa shape index (κ2) is 7.22. The van der Waals surface area contributed by atoms with E-state index in [2.05, 4.69) is 15.4 Å². The molecule has 7 nitrogen and oxygen atoms in total. The van der Waals surface area contributed by atoms with Crippen LogP contribution in [0.1, 0.15) is 6.92 Å². The highest BCUT2D eigenvalue weighted by molar-refractivity contribution is 5.93. The van der Waals surface area contributed by atoms with Crippen molar-refractivity contribution < 1.29 is 23.8 Å². The maximum Gasteiger partial charge on any atom is 0.328 e. The Morgan fingerprint density at radius 2 is 1.85 bits per heavy atom. The second-order valence-corrected chi connectivity index (χ2v) is 3.91. The van der Waals surface area contributed by atoms with Gasteiger partial charge >= 0.3 is 12.0 Å². The first-order valence-corrected chi connectivity index (χ1v) is 5.89. The number of nitrogens with one attached hydrogen (secondary N) is 2. The Hall–Kier alpha value is -2.44. The summed E-state index contributed by atoms with van der Waals surface area (Å²) in [6, 6.07) is 3.68. The van der Waals surface area contributed by atoms with Crippen LogP contribution in [-0.2, 0) is 9.53 Å². The summed E-state index contributed by atoms with van der Waals surface area (Å²) in [7, 11) is 4.26. The van der Waals surface area contributed by atoms with Crippen LogP contribution in [0.5, 0.6) is 11.5 Å². The topological polar surface area (TPSA) is 85.9 Å². The molecule has 2 amide bonds. The quantitative estimate of drug-likeness (QED) is 0.797. The Labute approximate surface area is 117 Å². The van der Waals surface area contributed by atoms with Gasteiger partial charge in [0, 0.05) is 6.07 Å². The van der Waals surface area contributed by atoms with E-state index in [0.717, 1.165) is 0 Å². The summed E-state index contributed by atoms with van der Waals surface area (Å²) in [5.74, 6) is 0.520. The van der Waals surface area contributed by atoms with Crippen molar-refractivity contribution in [1.82, 2.24) is 5.32 Å². The molecule has 0 fully saturated rings. The van der Waals surface area contributed by atoms with E-state index in [1.807, 2.05) is 0 Å². The van der Waals surface area contributed by atoms with Crippen molar-refractivity contribution in [3.63, 3.8) is 0 Å². The van der Waals surface area contributed by atoms with Gasteiger partial charge in [0.1, 0.15) is 17.5 Å². The summed E-state index contributed by atoms with van der Waals surface area (Å²) in [5.41, 5.74) is 0.432. The van der Waals surface area contributed by atoms with E-state index in [9.17, 15) is 9.59 Å². The number of hydrogen-bond acceptors (Lipinski definition) is 5. The van der Waals surface area contributed by atoms with E-state index in [1.165, 1.54) is 28.3 Å². The SMILES string of the molecule is COC(=O)[C@H](C)NC(=O)Nc1cc(OC)ccc1OC. The summed E-state index contributed by atoms with van der Waals surface area (Å²) in [5, 5.41) is 5.03. The average molecular weight is 282 g/mol. The normalized spacial score (nSPS) is 11.2. The number of hydrogen-bond donors (Lipinski definition) is 2. The maximum absolute atomic E-state index is 11.8. The van der Waals surface area contributed by atoms with Crippen LogP contribution in [-0.4, -0.2) is 39.4 Å². The summed E-state index contributed by atoms with van der Waals surface area (Å²) >= 11 is 0. The van der Waals surface area contributed by atoms with Gasteiger partial charge in [-0.1, -0.05) is 0 Å². The van der Waals surface area contributed by atoms with E-state index >= 15 is 0 Å². The summed E-state index contributed by atoms with van der Waals surface area (Å²) in [6.07, 6.45) is 0. The number of rotatable bonds is 5. The number of benzene rings is 1. The van der Waals surface area contributed by atoms with E-state index in [4.69, 9.17) is 9.47 Å². The highest BCUT2D eigenvalue weighted by Gasteiger charge is 2.16. The van der Waals surface area contributed by atoms with Crippen LogP contribution in [0.15, 0.2) is 18.2 Å². The fourth-order valence-corrected chi connectivity index (χ4v) is 1.50. The van der Waals surface area contributed by atoms with Crippen molar-refractivity contribution >= 4 is 17.7 Å². The second-order valence-electron chi connectivity index (χ2n) is 3.91. The zero-order chi connectivity index (χ0) is 15.1. The number of amides is 2. The summed E-state index contributed by atoms with van der Waals surface area (Å²) in [4.78, 5) is 23.0. The van der Waals surface area contributed by atoms with Crippen LogP contribution in [0.25, 0.3) is 0 Å². The molecule has 0 spiro atoms. The van der Waals surface area contributed by atoms with Gasteiger partial charge in [0.2, 0.25) is 0 Å². The Morgan fingerprint density at radius 1 is 1.15 bits per heavy atom. The lowest BCUT2D eigenvalue weighted by Gasteiger charge is -2.15. The molecule has 0 aliphatic carbocycles. The number of carbonyl (C=O) groups excluding carboxylic acids is 2. The van der Waals surface area contributed by atoms with Crippen molar-refractivity contribution in [3.8, 4) is 11.5 Å². The molecule has 1 atom stereocenters. The molecule has 20 heavy (non-hydrogen) atoms. The lowest BCUT2D eigenvalue weighted by Crippen LogP contribution is -2.41. The molecule has 7 heteroatoms. The van der Waals surface area contributed by atoms with Crippen molar-refractivity contribution in [3.05, 3.63) is 18.2 Å². The van der Waals surface area contributed by atoms with Gasteiger partial charge in [0.25, 0.3) is 0 Å². The zero-order valence-corrected chi connectivity index (χ0v) is 11.9. The number of methoxy groups -OCH3 is 3. The van der Waals surface area contributed by atoms with E-state index < -0.39 is 18.0 Å². The predicted octanol–water partition coefficient (Wildman–Crippen LogP) is 1.39. The molecule has 1 rings (SSSR count). The van der Waals surface area contributed by atoms with Crippen molar-refractivity contribution in [2.75, 3.05) is 26.6 Å². The predicted molar refractivity (Wildman–Crippen MR) is 73.2 cm³/mol. The van der Waals surface area contributed by atoms with Gasteiger partial charge in [-0.3, -0.25) is 0 Å². The highest BCUT2D eigenvalue weighted by Crippen LogP contribution is 2.28. The first kappa shape index (κ1) is 15.6. The molecule has 1 aromatic rings. The average Bonchev–Trinajstić information content (AvgIpc) is 2.45. The monoisotopic (exact) mass is 282 g/mol. The number of esters is 1. The van der Waals surface area contributed by atoms with Crippen LogP contribution in [0.2, 0.25) is 0 Å². The Kier molecular flexibility index (Phi) is 5.64. The van der Waals surface area contributed by atoms with E-state index in [1.54, 1.807) is 18.2 Å². The molecular weight excluding hydrogens is 264 g/mol. The molecule has 0 aliphatic rings. The fourth-order valence-electron chi connectivity index (χ4n) is 1.50. The molecule has 0 aromatic heterocycles. The molecular formula is C13H18N2O5.